The molecule has 0 saturated carbocycles. The van der Waals surface area contributed by atoms with Crippen LogP contribution in [0.4, 0.5) is 0 Å². The van der Waals surface area contributed by atoms with E-state index in [0.717, 1.165) is 13.2 Å². The van der Waals surface area contributed by atoms with Crippen LogP contribution in [-0.4, -0.2) is 183 Å². The molecular formula is C54H95KO17. The molecule has 0 aliphatic carbocycles. The first-order valence-corrected chi connectivity index (χ1v) is 24.9. The zero-order valence-electron chi connectivity index (χ0n) is 47.1. The minimum Gasteiger partial charge on any atom is -0.870 e. The Bertz CT molecular complexity index is 1540. The molecule has 13 atom stereocenters. The molecule has 2 aromatic carbocycles. The van der Waals surface area contributed by atoms with Crippen LogP contribution >= 0.6 is 0 Å². The molecule has 2 aromatic rings. The van der Waals surface area contributed by atoms with E-state index in [1.54, 1.807) is 66.4 Å². The molecule has 4 N–H and O–H groups in total. The van der Waals surface area contributed by atoms with Gasteiger partial charge in [0.25, 0.3) is 0 Å². The van der Waals surface area contributed by atoms with Gasteiger partial charge in [0.2, 0.25) is 0 Å². The number of hydrogen-bond acceptors (Lipinski definition) is 17. The third-order valence-corrected chi connectivity index (χ3v) is 11.6. The van der Waals surface area contributed by atoms with Gasteiger partial charge in [0.15, 0.2) is 0 Å². The number of ether oxygens (including phenoxy) is 13. The Labute approximate surface area is 475 Å². The normalized spacial score (nSPS) is 22.4. The Morgan fingerprint density at radius 3 is 0.889 bits per heavy atom. The van der Waals surface area contributed by atoms with Crippen LogP contribution in [0.3, 0.4) is 0 Å². The number of rotatable bonds is 34. The van der Waals surface area contributed by atoms with E-state index in [-0.39, 0.29) is 130 Å². The minimum atomic E-state index is -1.22. The molecule has 72 heavy (non-hydrogen) atoms. The summed E-state index contributed by atoms with van der Waals surface area (Å²) in [6, 6.07) is 15.8. The van der Waals surface area contributed by atoms with Crippen molar-refractivity contribution in [3.05, 3.63) is 70.8 Å². The van der Waals surface area contributed by atoms with Crippen LogP contribution in [0, 0.1) is 0 Å². The number of methoxy groups -OCH3 is 3. The van der Waals surface area contributed by atoms with Crippen LogP contribution < -0.4 is 51.4 Å². The van der Waals surface area contributed by atoms with Gasteiger partial charge in [-0.2, -0.15) is 0 Å². The molecule has 2 aliphatic heterocycles. The summed E-state index contributed by atoms with van der Waals surface area (Å²) in [5, 5.41) is 31.1. The second kappa shape index (κ2) is 36.5. The smallest absolute Gasteiger partial charge is 0.870 e. The number of hydrogen-bond donors (Lipinski definition) is 3. The van der Waals surface area contributed by atoms with E-state index < -0.39 is 17.3 Å². The van der Waals surface area contributed by atoms with Gasteiger partial charge in [-0.15, -0.1) is 0 Å². The Morgan fingerprint density at radius 2 is 0.667 bits per heavy atom. The van der Waals surface area contributed by atoms with Crippen molar-refractivity contribution in [2.24, 2.45) is 0 Å². The summed E-state index contributed by atoms with van der Waals surface area (Å²) >= 11 is 0. The van der Waals surface area contributed by atoms with Gasteiger partial charge in [-0.25, -0.2) is 0 Å². The molecule has 13 unspecified atom stereocenters. The largest absolute Gasteiger partial charge is 1.00 e. The molecule has 17 nitrogen and oxygen atoms in total. The molecule has 0 aromatic heterocycles. The first-order valence-electron chi connectivity index (χ1n) is 24.9. The summed E-state index contributed by atoms with van der Waals surface area (Å²) < 4.78 is 71.4. The SMILES string of the molecule is CC1(c2ccc(C3(C)CO3)cc2)CO1.COCC(C)OCC(C)OCC(C)O.COCC(C)OCC(C)OCC(C)OCC(C)(O)c1ccc(C(C)(O)COC(C)COC(C)COC(C)COC)cc1.[K+].[OH-]. The van der Waals surface area contributed by atoms with E-state index in [2.05, 4.69) is 38.1 Å². The van der Waals surface area contributed by atoms with Crippen molar-refractivity contribution < 1.29 is 134 Å². The van der Waals surface area contributed by atoms with E-state index in [1.807, 2.05) is 55.4 Å². The summed E-state index contributed by atoms with van der Waals surface area (Å²) in [5.74, 6) is 0. The standard InChI is InChI=1S/C32H58O10.C12H14O2.C10H22O4.K.H2O/c1-23(15-35-9)37-17-25(3)39-19-27(5)41-21-31(7,33)29-11-13-30(14-12-29)32(8,34)22-42-28(6)20-40-26(4)18-38-24(2)16-36-10;1-11(7-13-11)9-3-5-10(6-4-9)12(2)8-14-12;1-8(11)5-13-10(3)7-14-9(2)6-12-4;;/h11-14,23-28,33-34H,15-22H2,1-10H3;3-6H,7-8H2,1-2H3;8-11H,5-7H2,1-4H3;;1H2/q;;;+1;/p-1. The summed E-state index contributed by atoms with van der Waals surface area (Å²) in [6.45, 7) is 30.9. The van der Waals surface area contributed by atoms with Gasteiger partial charge < -0.3 is 82.4 Å². The molecule has 0 spiro atoms. The zero-order chi connectivity index (χ0) is 52.5. The summed E-state index contributed by atoms with van der Waals surface area (Å²) in [5.41, 5.74) is 1.45. The van der Waals surface area contributed by atoms with Crippen LogP contribution in [-0.2, 0) is 84.0 Å². The fraction of sp³-hybridized carbons (Fsp3) is 0.778. The van der Waals surface area contributed by atoms with E-state index >= 15 is 0 Å². The summed E-state index contributed by atoms with van der Waals surface area (Å²) in [6.07, 6.45) is -0.933. The van der Waals surface area contributed by atoms with Crippen LogP contribution in [0.1, 0.15) is 112 Å². The first kappa shape index (κ1) is 71.4. The molecule has 2 aliphatic rings. The van der Waals surface area contributed by atoms with E-state index in [9.17, 15) is 10.2 Å². The second-order valence-electron chi connectivity index (χ2n) is 20.1. The van der Waals surface area contributed by atoms with Crippen molar-refractivity contribution in [2.45, 2.75) is 167 Å². The van der Waals surface area contributed by atoms with Crippen LogP contribution in [0.15, 0.2) is 48.5 Å². The van der Waals surface area contributed by atoms with Gasteiger partial charge in [0.05, 0.1) is 141 Å². The topological polar surface area (TPSA) is 217 Å². The van der Waals surface area contributed by atoms with Gasteiger partial charge in [0.1, 0.15) is 22.4 Å². The van der Waals surface area contributed by atoms with Gasteiger partial charge in [-0.3, -0.25) is 0 Å². The van der Waals surface area contributed by atoms with Crippen LogP contribution in [0.5, 0.6) is 0 Å². The molecule has 4 rings (SSSR count). The van der Waals surface area contributed by atoms with Crippen molar-refractivity contribution in [1.29, 1.82) is 0 Å². The van der Waals surface area contributed by atoms with Gasteiger partial charge in [0, 0.05) is 21.3 Å². The molecule has 0 bridgehead atoms. The quantitative estimate of drug-likeness (QED) is 0.0674. The predicted molar refractivity (Wildman–Crippen MR) is 271 cm³/mol. The van der Waals surface area contributed by atoms with Crippen LogP contribution in [0.2, 0.25) is 0 Å². The maximum Gasteiger partial charge on any atom is 1.00 e. The van der Waals surface area contributed by atoms with Gasteiger partial charge in [-0.05, 0) is 112 Å². The maximum atomic E-state index is 11.1. The summed E-state index contributed by atoms with van der Waals surface area (Å²) in [7, 11) is 4.94. The fourth-order valence-electron chi connectivity index (χ4n) is 6.58. The zero-order valence-corrected chi connectivity index (χ0v) is 50.2. The molecule has 2 heterocycles. The van der Waals surface area contributed by atoms with Crippen molar-refractivity contribution >= 4 is 0 Å². The molecule has 0 radical (unpaired) electrons. The molecule has 2 fully saturated rings. The van der Waals surface area contributed by atoms with Gasteiger partial charge in [-0.1, -0.05) is 48.5 Å². The molecule has 0 amide bonds. The fourth-order valence-corrected chi connectivity index (χ4v) is 6.58. The third kappa shape index (κ3) is 29.8. The van der Waals surface area contributed by atoms with Crippen molar-refractivity contribution in [3.63, 3.8) is 0 Å². The molecule has 2 saturated heterocycles. The Balaban J connectivity index is 0.00000135. The Hall–Kier alpha value is -0.604. The summed E-state index contributed by atoms with van der Waals surface area (Å²) in [4.78, 5) is 0. The van der Waals surface area contributed by atoms with E-state index in [4.69, 9.17) is 66.7 Å². The molecule has 414 valence electrons. The number of benzene rings is 2. The average molecular weight is 1060 g/mol. The Kier molecular flexibility index (Phi) is 36.2. The molecule has 18 heteroatoms. The molecular weight excluding hydrogens is 960 g/mol. The second-order valence-corrected chi connectivity index (χ2v) is 20.1. The predicted octanol–water partition coefficient (Wildman–Crippen LogP) is 3.65. The third-order valence-electron chi connectivity index (χ3n) is 11.6. The Morgan fingerprint density at radius 1 is 0.444 bits per heavy atom. The maximum absolute atomic E-state index is 11.1. The van der Waals surface area contributed by atoms with E-state index in [1.165, 1.54) is 11.1 Å². The van der Waals surface area contributed by atoms with Crippen molar-refractivity contribution in [2.75, 3.05) is 107 Å². The average Bonchev–Trinajstić information content (AvgIpc) is 4.27. The minimum absolute atomic E-state index is 0. The number of aliphatic hydroxyl groups is 3. The van der Waals surface area contributed by atoms with Crippen LogP contribution in [0.25, 0.3) is 0 Å². The van der Waals surface area contributed by atoms with Gasteiger partial charge >= 0.3 is 51.4 Å². The monoisotopic (exact) mass is 1050 g/mol. The number of epoxide rings is 2. The van der Waals surface area contributed by atoms with Crippen molar-refractivity contribution in [3.8, 4) is 0 Å². The number of aliphatic hydroxyl groups excluding tert-OH is 1. The van der Waals surface area contributed by atoms with Crippen molar-refractivity contribution in [1.82, 2.24) is 0 Å². The first-order chi connectivity index (χ1) is 32.9. The van der Waals surface area contributed by atoms with E-state index in [0.29, 0.717) is 70.6 Å².